The zero-order valence-electron chi connectivity index (χ0n) is 36.9. The summed E-state index contributed by atoms with van der Waals surface area (Å²) in [6.45, 7) is 18.1. The van der Waals surface area contributed by atoms with Gasteiger partial charge in [-0.2, -0.15) is 0 Å². The number of hydrogen-bond donors (Lipinski definition) is 0. The summed E-state index contributed by atoms with van der Waals surface area (Å²) in [6, 6.07) is 54.4. The van der Waals surface area contributed by atoms with Gasteiger partial charge in [0.15, 0.2) is 0 Å². The maximum atomic E-state index is 4.52. The first kappa shape index (κ1) is 43.8. The van der Waals surface area contributed by atoms with Crippen LogP contribution in [0.25, 0.3) is 22.3 Å². The second-order valence-corrected chi connectivity index (χ2v) is 16.5. The van der Waals surface area contributed by atoms with Crippen LogP contribution in [0.1, 0.15) is 146 Å². The molecule has 0 heteroatoms. The number of unbranched alkanes of at least 4 members (excludes halogenated alkanes) is 4. The summed E-state index contributed by atoms with van der Waals surface area (Å²) in [4.78, 5) is 0. The Morgan fingerprint density at radius 3 is 0.700 bits per heavy atom. The molecule has 60 heavy (non-hydrogen) atoms. The maximum Gasteiger partial charge on any atom is -0.0111 e. The zero-order chi connectivity index (χ0) is 42.1. The van der Waals surface area contributed by atoms with Gasteiger partial charge in [0, 0.05) is 0 Å². The van der Waals surface area contributed by atoms with E-state index in [0.29, 0.717) is 0 Å². The normalized spacial score (nSPS) is 11.8. The van der Waals surface area contributed by atoms with Gasteiger partial charge in [0.05, 0.1) is 0 Å². The summed E-state index contributed by atoms with van der Waals surface area (Å²) in [5.74, 6) is 0. The van der Waals surface area contributed by atoms with Crippen molar-refractivity contribution in [2.24, 2.45) is 0 Å². The molecule has 0 unspecified atom stereocenters. The highest BCUT2D eigenvalue weighted by atomic mass is 14.2. The van der Waals surface area contributed by atoms with E-state index in [-0.39, 0.29) is 0 Å². The van der Waals surface area contributed by atoms with Crippen molar-refractivity contribution in [3.05, 3.63) is 238 Å². The van der Waals surface area contributed by atoms with E-state index in [4.69, 9.17) is 0 Å². The fraction of sp³-hybridized carbons (Fsp3) is 0.267. The third-order valence-electron chi connectivity index (χ3n) is 11.9. The molecule has 0 aliphatic carbocycles. The van der Waals surface area contributed by atoms with E-state index in [2.05, 4.69) is 199 Å². The highest BCUT2D eigenvalue weighted by molar-refractivity contribution is 5.88. The Kier molecular flexibility index (Phi) is 16.5. The predicted octanol–water partition coefficient (Wildman–Crippen LogP) is 16.7. The minimum absolute atomic E-state index is 1.05. The lowest BCUT2D eigenvalue weighted by Gasteiger charge is -2.14. The largest absolute Gasteiger partial charge is 0.0906 e. The van der Waals surface area contributed by atoms with Crippen LogP contribution in [0.3, 0.4) is 0 Å². The van der Waals surface area contributed by atoms with Crippen molar-refractivity contribution in [1.82, 2.24) is 0 Å². The van der Waals surface area contributed by atoms with Crippen molar-refractivity contribution < 1.29 is 0 Å². The van der Waals surface area contributed by atoms with Gasteiger partial charge < -0.3 is 0 Å². The fourth-order valence-corrected chi connectivity index (χ4v) is 7.89. The van der Waals surface area contributed by atoms with Gasteiger partial charge in [0.1, 0.15) is 0 Å². The van der Waals surface area contributed by atoms with Crippen molar-refractivity contribution in [3.63, 3.8) is 0 Å². The van der Waals surface area contributed by atoms with Crippen molar-refractivity contribution >= 4 is 22.3 Å². The number of benzene rings is 6. The Labute approximate surface area is 363 Å². The molecule has 6 aromatic rings. The number of aryl methyl sites for hydroxylation is 4. The molecule has 0 N–H and O–H groups in total. The Balaban J connectivity index is 1.36. The van der Waals surface area contributed by atoms with Crippen LogP contribution in [0.15, 0.2) is 171 Å². The van der Waals surface area contributed by atoms with E-state index in [1.165, 1.54) is 118 Å². The number of hydrogen-bond acceptors (Lipinski definition) is 0. The standard InChI is InChI=1S/C60H66/c1-7-11-15-47-19-27-51(28-20-47)45(5)53-35-39-57(40-36-53)59(55-31-23-49(24-32-55)17-13-9-3)43-44-60(56-33-25-50(26-34-56)18-14-10-4)58-41-37-54(38-42-58)46(6)52-29-21-48(22-30-52)16-12-8-2/h19-44H,5-18H2,1-4H3/b59-43+,60-44+. The first-order valence-corrected chi connectivity index (χ1v) is 22.8. The van der Waals surface area contributed by atoms with Crippen LogP contribution < -0.4 is 0 Å². The SMILES string of the molecule is C=C(c1ccc(CCCC)cc1)c1ccc(/C(=C/C=C(\c2ccc(CCCC)cc2)c2ccc(C(=C)c3ccc(CCCC)cc3)cc2)c2ccc(CCCC)cc2)cc1. The van der Waals surface area contributed by atoms with Crippen molar-refractivity contribution in [1.29, 1.82) is 0 Å². The summed E-state index contributed by atoms with van der Waals surface area (Å²) in [7, 11) is 0. The minimum Gasteiger partial charge on any atom is -0.0906 e. The topological polar surface area (TPSA) is 0 Å². The van der Waals surface area contributed by atoms with E-state index in [1.807, 2.05) is 0 Å². The molecule has 0 fully saturated rings. The molecular weight excluding hydrogens is 721 g/mol. The molecule has 6 aromatic carbocycles. The Morgan fingerprint density at radius 1 is 0.300 bits per heavy atom. The highest BCUT2D eigenvalue weighted by Gasteiger charge is 2.12. The maximum absolute atomic E-state index is 4.52. The second-order valence-electron chi connectivity index (χ2n) is 16.5. The van der Waals surface area contributed by atoms with Gasteiger partial charge in [-0.25, -0.2) is 0 Å². The molecule has 0 bridgehead atoms. The van der Waals surface area contributed by atoms with Gasteiger partial charge in [0.2, 0.25) is 0 Å². The molecule has 0 saturated heterocycles. The molecule has 0 aromatic heterocycles. The third-order valence-corrected chi connectivity index (χ3v) is 11.9. The summed E-state index contributed by atoms with van der Waals surface area (Å²) in [6.07, 6.45) is 18.8. The fourth-order valence-electron chi connectivity index (χ4n) is 7.89. The van der Waals surface area contributed by atoms with Gasteiger partial charge in [-0.1, -0.05) is 224 Å². The van der Waals surface area contributed by atoms with Gasteiger partial charge >= 0.3 is 0 Å². The van der Waals surface area contributed by atoms with E-state index >= 15 is 0 Å². The molecule has 0 aliphatic rings. The first-order valence-electron chi connectivity index (χ1n) is 22.8. The molecule has 0 aliphatic heterocycles. The van der Waals surface area contributed by atoms with Crippen molar-refractivity contribution in [2.75, 3.05) is 0 Å². The summed E-state index contributed by atoms with van der Waals surface area (Å²) in [5.41, 5.74) is 19.5. The predicted molar refractivity (Wildman–Crippen MR) is 264 cm³/mol. The molecule has 0 atom stereocenters. The molecule has 6 rings (SSSR count). The molecule has 0 spiro atoms. The van der Waals surface area contributed by atoms with Crippen molar-refractivity contribution in [2.45, 2.75) is 105 Å². The van der Waals surface area contributed by atoms with E-state index in [9.17, 15) is 0 Å². The molecular formula is C60H66. The quantitative estimate of drug-likeness (QED) is 0.0638. The molecule has 0 nitrogen and oxygen atoms in total. The molecule has 306 valence electrons. The Bertz CT molecular complexity index is 2140. The van der Waals surface area contributed by atoms with Gasteiger partial charge in [0.25, 0.3) is 0 Å². The zero-order valence-corrected chi connectivity index (χ0v) is 36.9. The monoisotopic (exact) mass is 787 g/mol. The number of allylic oxidation sites excluding steroid dienone is 2. The number of rotatable bonds is 21. The van der Waals surface area contributed by atoms with Crippen LogP contribution >= 0.6 is 0 Å². The van der Waals surface area contributed by atoms with Gasteiger partial charge in [-0.3, -0.25) is 0 Å². The first-order chi connectivity index (χ1) is 29.4. The minimum atomic E-state index is 1.05. The van der Waals surface area contributed by atoms with Crippen LogP contribution in [0, 0.1) is 0 Å². The van der Waals surface area contributed by atoms with Crippen LogP contribution in [-0.4, -0.2) is 0 Å². The summed E-state index contributed by atoms with van der Waals surface area (Å²) < 4.78 is 0. The Morgan fingerprint density at radius 2 is 0.483 bits per heavy atom. The molecule has 0 radical (unpaired) electrons. The van der Waals surface area contributed by atoms with Crippen LogP contribution in [0.5, 0.6) is 0 Å². The van der Waals surface area contributed by atoms with E-state index < -0.39 is 0 Å². The lowest BCUT2D eigenvalue weighted by molar-refractivity contribution is 0.795. The average molecular weight is 787 g/mol. The lowest BCUT2D eigenvalue weighted by Crippen LogP contribution is -1.94. The molecule has 0 saturated carbocycles. The average Bonchev–Trinajstić information content (AvgIpc) is 3.31. The summed E-state index contributed by atoms with van der Waals surface area (Å²) in [5, 5.41) is 0. The van der Waals surface area contributed by atoms with E-state index in [0.717, 1.165) is 48.0 Å². The van der Waals surface area contributed by atoms with Gasteiger partial charge in [-0.15, -0.1) is 0 Å². The van der Waals surface area contributed by atoms with Gasteiger partial charge in [-0.05, 0) is 140 Å². The van der Waals surface area contributed by atoms with Crippen molar-refractivity contribution in [3.8, 4) is 0 Å². The smallest absolute Gasteiger partial charge is 0.0111 e. The molecule has 0 heterocycles. The molecule has 0 amide bonds. The van der Waals surface area contributed by atoms with Crippen LogP contribution in [0.2, 0.25) is 0 Å². The van der Waals surface area contributed by atoms with E-state index in [1.54, 1.807) is 0 Å². The van der Waals surface area contributed by atoms with Crippen LogP contribution in [-0.2, 0) is 25.7 Å². The third kappa shape index (κ3) is 11.9. The summed E-state index contributed by atoms with van der Waals surface area (Å²) >= 11 is 0. The Hall–Kier alpha value is -5.72. The second kappa shape index (κ2) is 22.6. The lowest BCUT2D eigenvalue weighted by atomic mass is 9.90. The van der Waals surface area contributed by atoms with Crippen LogP contribution in [0.4, 0.5) is 0 Å². The highest BCUT2D eigenvalue weighted by Crippen LogP contribution is 2.32.